The van der Waals surface area contributed by atoms with Crippen LogP contribution in [0.25, 0.3) is 33.7 Å². The number of halogens is 4. The zero-order valence-corrected chi connectivity index (χ0v) is 17.0. The van der Waals surface area contributed by atoms with Crippen molar-refractivity contribution in [2.45, 2.75) is 13.1 Å². The van der Waals surface area contributed by atoms with Crippen LogP contribution in [0.5, 0.6) is 0 Å². The molecule has 0 aliphatic heterocycles. The number of imidazole rings is 1. The van der Waals surface area contributed by atoms with Crippen LogP contribution in [0.4, 0.5) is 13.2 Å². The molecule has 0 saturated heterocycles. The van der Waals surface area contributed by atoms with Crippen LogP contribution in [0, 0.1) is 0 Å². The average Bonchev–Trinajstić information content (AvgIpc) is 3.17. The van der Waals surface area contributed by atoms with Crippen LogP contribution >= 0.6 is 11.6 Å². The minimum atomic E-state index is -4.42. The SMILES string of the molecule is CCNC(=O)c1cnc(-c2ccc(-c3nc4ccc(C(F)(F)F)cc4[nH]3)cc2)c(Cl)c1. The molecule has 0 unspecified atom stereocenters. The van der Waals surface area contributed by atoms with Gasteiger partial charge in [-0.3, -0.25) is 9.78 Å². The Morgan fingerprint density at radius 3 is 2.45 bits per heavy atom. The normalized spacial score (nSPS) is 11.6. The third-order valence-corrected chi connectivity index (χ3v) is 4.97. The molecule has 31 heavy (non-hydrogen) atoms. The van der Waals surface area contributed by atoms with Gasteiger partial charge >= 0.3 is 6.18 Å². The summed E-state index contributed by atoms with van der Waals surface area (Å²) in [5.74, 6) is 0.198. The van der Waals surface area contributed by atoms with Gasteiger partial charge in [-0.25, -0.2) is 4.98 Å². The number of carbonyl (C=O) groups is 1. The van der Waals surface area contributed by atoms with Crippen LogP contribution in [0.2, 0.25) is 5.02 Å². The van der Waals surface area contributed by atoms with E-state index in [-0.39, 0.29) is 5.91 Å². The van der Waals surface area contributed by atoms with Gasteiger partial charge in [0.05, 0.1) is 32.9 Å². The Balaban J connectivity index is 1.62. The zero-order valence-electron chi connectivity index (χ0n) is 16.2. The highest BCUT2D eigenvalue weighted by atomic mass is 35.5. The summed E-state index contributed by atoms with van der Waals surface area (Å²) >= 11 is 6.32. The highest BCUT2D eigenvalue weighted by molar-refractivity contribution is 6.33. The third kappa shape index (κ3) is 4.25. The number of H-pyrrole nitrogens is 1. The first-order valence-corrected chi connectivity index (χ1v) is 9.75. The second-order valence-corrected chi connectivity index (χ2v) is 7.21. The number of nitrogens with one attached hydrogen (secondary N) is 2. The molecule has 4 rings (SSSR count). The van der Waals surface area contributed by atoms with Gasteiger partial charge in [0.1, 0.15) is 5.82 Å². The number of amides is 1. The van der Waals surface area contributed by atoms with Crippen molar-refractivity contribution in [3.8, 4) is 22.6 Å². The van der Waals surface area contributed by atoms with Gasteiger partial charge in [-0.05, 0) is 31.2 Å². The number of pyridine rings is 1. The maximum Gasteiger partial charge on any atom is 0.416 e. The fraction of sp³-hybridized carbons (Fsp3) is 0.136. The van der Waals surface area contributed by atoms with E-state index in [4.69, 9.17) is 11.6 Å². The topological polar surface area (TPSA) is 70.7 Å². The van der Waals surface area contributed by atoms with E-state index >= 15 is 0 Å². The Kier molecular flexibility index (Phi) is 5.41. The lowest BCUT2D eigenvalue weighted by Crippen LogP contribution is -2.22. The van der Waals surface area contributed by atoms with Crippen LogP contribution in [0.1, 0.15) is 22.8 Å². The van der Waals surface area contributed by atoms with Crippen molar-refractivity contribution in [3.05, 3.63) is 70.9 Å². The van der Waals surface area contributed by atoms with Gasteiger partial charge in [0.2, 0.25) is 0 Å². The molecule has 2 N–H and O–H groups in total. The number of fused-ring (bicyclic) bond motifs is 1. The fourth-order valence-electron chi connectivity index (χ4n) is 3.15. The molecule has 0 aliphatic rings. The summed E-state index contributed by atoms with van der Waals surface area (Å²) in [6.45, 7) is 2.32. The third-order valence-electron chi connectivity index (χ3n) is 4.68. The summed E-state index contributed by atoms with van der Waals surface area (Å²) < 4.78 is 38.8. The van der Waals surface area contributed by atoms with E-state index in [1.807, 2.05) is 6.92 Å². The number of hydrogen-bond donors (Lipinski definition) is 2. The summed E-state index contributed by atoms with van der Waals surface area (Å²) in [4.78, 5) is 23.5. The van der Waals surface area contributed by atoms with Crippen molar-refractivity contribution < 1.29 is 18.0 Å². The summed E-state index contributed by atoms with van der Waals surface area (Å²) in [7, 11) is 0. The molecular formula is C22H16ClF3N4O. The zero-order chi connectivity index (χ0) is 22.2. The van der Waals surface area contributed by atoms with Gasteiger partial charge in [-0.1, -0.05) is 35.9 Å². The Bertz CT molecular complexity index is 1270. The second kappa shape index (κ2) is 8.03. The molecule has 1 amide bonds. The van der Waals surface area contributed by atoms with Crippen molar-refractivity contribution in [2.24, 2.45) is 0 Å². The number of hydrogen-bond acceptors (Lipinski definition) is 3. The molecule has 2 aromatic heterocycles. The van der Waals surface area contributed by atoms with Gasteiger partial charge < -0.3 is 10.3 Å². The molecule has 5 nitrogen and oxygen atoms in total. The largest absolute Gasteiger partial charge is 0.416 e. The molecule has 0 atom stereocenters. The van der Waals surface area contributed by atoms with E-state index in [1.54, 1.807) is 30.3 Å². The molecule has 0 radical (unpaired) electrons. The highest BCUT2D eigenvalue weighted by Crippen LogP contribution is 2.32. The Labute approximate surface area is 180 Å². The van der Waals surface area contributed by atoms with E-state index in [9.17, 15) is 18.0 Å². The standard InChI is InChI=1S/C22H16ClF3N4O/c1-2-27-21(31)14-9-16(23)19(28-11-14)12-3-5-13(6-4-12)20-29-17-8-7-15(22(24,25)26)10-18(17)30-20/h3-11H,2H2,1H3,(H,27,31)(H,29,30). The van der Waals surface area contributed by atoms with Gasteiger partial charge in [-0.15, -0.1) is 0 Å². The maximum absolute atomic E-state index is 12.9. The molecule has 4 aromatic rings. The van der Waals surface area contributed by atoms with Crippen molar-refractivity contribution in [2.75, 3.05) is 6.54 Å². The minimum Gasteiger partial charge on any atom is -0.352 e. The van der Waals surface area contributed by atoms with Crippen LogP contribution in [0.3, 0.4) is 0 Å². The quantitative estimate of drug-likeness (QED) is 0.423. The Morgan fingerprint density at radius 2 is 1.81 bits per heavy atom. The lowest BCUT2D eigenvalue weighted by molar-refractivity contribution is -0.137. The predicted molar refractivity (Wildman–Crippen MR) is 113 cm³/mol. The number of carbonyl (C=O) groups excluding carboxylic acids is 1. The molecule has 0 fully saturated rings. The number of aromatic amines is 1. The molecule has 0 saturated carbocycles. The second-order valence-electron chi connectivity index (χ2n) is 6.81. The summed E-state index contributed by atoms with van der Waals surface area (Å²) in [5.41, 5.74) is 2.32. The first-order chi connectivity index (χ1) is 14.8. The van der Waals surface area contributed by atoms with Gasteiger partial charge in [0.25, 0.3) is 5.91 Å². The lowest BCUT2D eigenvalue weighted by Gasteiger charge is -2.07. The van der Waals surface area contributed by atoms with Gasteiger partial charge in [0, 0.05) is 23.9 Å². The van der Waals surface area contributed by atoms with E-state index in [1.165, 1.54) is 12.3 Å². The Morgan fingerprint density at radius 1 is 1.10 bits per heavy atom. The van der Waals surface area contributed by atoms with Crippen molar-refractivity contribution >= 4 is 28.5 Å². The summed E-state index contributed by atoms with van der Waals surface area (Å²) in [6, 6.07) is 12.1. The first kappa shape index (κ1) is 20.9. The Hall–Kier alpha value is -3.39. The van der Waals surface area contributed by atoms with E-state index in [2.05, 4.69) is 20.3 Å². The number of nitrogens with zero attached hydrogens (tertiary/aromatic N) is 2. The van der Waals surface area contributed by atoms with Crippen LogP contribution < -0.4 is 5.32 Å². The van der Waals surface area contributed by atoms with Crippen LogP contribution in [-0.2, 0) is 6.18 Å². The number of rotatable bonds is 4. The monoisotopic (exact) mass is 444 g/mol. The van der Waals surface area contributed by atoms with E-state index in [0.29, 0.717) is 45.2 Å². The molecule has 2 heterocycles. The maximum atomic E-state index is 12.9. The van der Waals surface area contributed by atoms with Crippen LogP contribution in [-0.4, -0.2) is 27.4 Å². The fourth-order valence-corrected chi connectivity index (χ4v) is 3.42. The summed E-state index contributed by atoms with van der Waals surface area (Å²) in [5, 5.41) is 3.02. The lowest BCUT2D eigenvalue weighted by atomic mass is 10.1. The smallest absolute Gasteiger partial charge is 0.352 e. The molecule has 0 spiro atoms. The van der Waals surface area contributed by atoms with Crippen molar-refractivity contribution in [1.82, 2.24) is 20.3 Å². The van der Waals surface area contributed by atoms with Gasteiger partial charge in [-0.2, -0.15) is 13.2 Å². The molecule has 158 valence electrons. The van der Waals surface area contributed by atoms with Crippen molar-refractivity contribution in [1.29, 1.82) is 0 Å². The minimum absolute atomic E-state index is 0.252. The van der Waals surface area contributed by atoms with Gasteiger partial charge in [0.15, 0.2) is 0 Å². The molecule has 0 bridgehead atoms. The van der Waals surface area contributed by atoms with E-state index in [0.717, 1.165) is 17.7 Å². The molecule has 9 heteroatoms. The number of alkyl halides is 3. The molecule has 0 aliphatic carbocycles. The van der Waals surface area contributed by atoms with Crippen LogP contribution in [0.15, 0.2) is 54.7 Å². The first-order valence-electron chi connectivity index (χ1n) is 9.38. The summed E-state index contributed by atoms with van der Waals surface area (Å²) in [6.07, 6.45) is -2.96. The predicted octanol–water partition coefficient (Wildman–Crippen LogP) is 5.71. The number of aromatic nitrogens is 3. The van der Waals surface area contributed by atoms with Crippen molar-refractivity contribution in [3.63, 3.8) is 0 Å². The highest BCUT2D eigenvalue weighted by Gasteiger charge is 2.30. The number of benzene rings is 2. The average molecular weight is 445 g/mol. The molecule has 2 aromatic carbocycles. The van der Waals surface area contributed by atoms with E-state index < -0.39 is 11.7 Å². The molecular weight excluding hydrogens is 429 g/mol.